The first kappa shape index (κ1) is 28.9. The SMILES string of the molecule is Cn1c(CCc2ccc(C(=N)N)cc2)nc2cc(NS(=O)(=O)c3ccc4ccccc4c3CCN3CCOCC3)ccc21. The largest absolute Gasteiger partial charge is 0.384 e. The highest BCUT2D eigenvalue weighted by molar-refractivity contribution is 7.92. The maximum absolute atomic E-state index is 13.9. The van der Waals surface area contributed by atoms with Crippen LogP contribution in [-0.2, 0) is 41.1 Å². The maximum atomic E-state index is 13.9. The number of sulfonamides is 1. The van der Waals surface area contributed by atoms with E-state index in [4.69, 9.17) is 20.9 Å². The highest BCUT2D eigenvalue weighted by Gasteiger charge is 2.22. The Morgan fingerprint density at radius 2 is 1.74 bits per heavy atom. The lowest BCUT2D eigenvalue weighted by Crippen LogP contribution is -2.37. The van der Waals surface area contributed by atoms with Crippen molar-refractivity contribution >= 4 is 43.4 Å². The Morgan fingerprint density at radius 1 is 0.977 bits per heavy atom. The van der Waals surface area contributed by atoms with Crippen LogP contribution in [0.1, 0.15) is 22.5 Å². The number of fused-ring (bicyclic) bond motifs is 2. The fourth-order valence-electron chi connectivity index (χ4n) is 5.77. The van der Waals surface area contributed by atoms with Crippen LogP contribution in [0.4, 0.5) is 5.69 Å². The second-order valence-corrected chi connectivity index (χ2v) is 12.6. The number of imidazole rings is 1. The molecule has 0 aliphatic carbocycles. The second-order valence-electron chi connectivity index (χ2n) is 11.0. The Labute approximate surface area is 251 Å². The first-order chi connectivity index (χ1) is 20.8. The Balaban J connectivity index is 1.24. The summed E-state index contributed by atoms with van der Waals surface area (Å²) in [5, 5.41) is 9.55. The minimum absolute atomic E-state index is 0.0538. The quantitative estimate of drug-likeness (QED) is 0.161. The summed E-state index contributed by atoms with van der Waals surface area (Å²) >= 11 is 0. The topological polar surface area (TPSA) is 126 Å². The van der Waals surface area contributed by atoms with Crippen LogP contribution in [0.5, 0.6) is 0 Å². The average molecular weight is 597 g/mol. The molecular weight excluding hydrogens is 560 g/mol. The lowest BCUT2D eigenvalue weighted by molar-refractivity contribution is 0.0384. The van der Waals surface area contributed by atoms with Crippen LogP contribution in [0.15, 0.2) is 83.8 Å². The standard InChI is InChI=1S/C33H36N6O3S/c1-38-30-13-12-26(22-29(30)36-32(38)15-8-23-6-9-25(10-7-23)33(34)35)37-43(40,41)31-14-11-24-4-2-3-5-27(24)28(31)16-17-39-18-20-42-21-19-39/h2-7,9-14,22,37H,8,15-21H2,1H3,(H3,34,35). The van der Waals surface area contributed by atoms with Crippen LogP contribution in [0.25, 0.3) is 21.8 Å². The molecule has 0 saturated carbocycles. The number of hydrogen-bond acceptors (Lipinski definition) is 6. The molecule has 1 aliphatic rings. The third-order valence-corrected chi connectivity index (χ3v) is 9.66. The molecule has 1 aromatic heterocycles. The minimum atomic E-state index is -3.87. The van der Waals surface area contributed by atoms with E-state index in [0.717, 1.165) is 71.2 Å². The number of nitrogens with two attached hydrogens (primary N) is 1. The third kappa shape index (κ3) is 6.27. The zero-order valence-corrected chi connectivity index (χ0v) is 25.0. The van der Waals surface area contributed by atoms with Gasteiger partial charge >= 0.3 is 0 Å². The van der Waals surface area contributed by atoms with E-state index in [9.17, 15) is 8.42 Å². The molecule has 0 atom stereocenters. The number of amidine groups is 1. The van der Waals surface area contributed by atoms with E-state index in [1.807, 2.05) is 72.3 Å². The molecule has 5 aromatic rings. The fraction of sp³-hybridized carbons (Fsp3) is 0.273. The van der Waals surface area contributed by atoms with E-state index in [1.165, 1.54) is 0 Å². The van der Waals surface area contributed by atoms with Gasteiger partial charge in [0.15, 0.2) is 0 Å². The van der Waals surface area contributed by atoms with Crippen molar-refractivity contribution < 1.29 is 13.2 Å². The summed E-state index contributed by atoms with van der Waals surface area (Å²) in [6.45, 7) is 3.87. The zero-order valence-electron chi connectivity index (χ0n) is 24.2. The number of aromatic nitrogens is 2. The number of ether oxygens (including phenoxy) is 1. The van der Waals surface area contributed by atoms with Crippen molar-refractivity contribution in [3.05, 3.63) is 101 Å². The molecule has 222 valence electrons. The monoisotopic (exact) mass is 596 g/mol. The molecule has 0 spiro atoms. The number of hydrogen-bond donors (Lipinski definition) is 3. The van der Waals surface area contributed by atoms with Gasteiger partial charge in [-0.3, -0.25) is 15.0 Å². The summed E-state index contributed by atoms with van der Waals surface area (Å²) in [5.74, 6) is 0.962. The average Bonchev–Trinajstić information content (AvgIpc) is 3.33. The van der Waals surface area contributed by atoms with Crippen LogP contribution in [0.2, 0.25) is 0 Å². The van der Waals surface area contributed by atoms with Crippen LogP contribution in [0, 0.1) is 5.41 Å². The molecule has 0 bridgehead atoms. The number of benzene rings is 4. The van der Waals surface area contributed by atoms with E-state index >= 15 is 0 Å². The van der Waals surface area contributed by atoms with Gasteiger partial charge < -0.3 is 15.0 Å². The Hall–Kier alpha value is -4.25. The summed E-state index contributed by atoms with van der Waals surface area (Å²) in [4.78, 5) is 7.46. The van der Waals surface area contributed by atoms with Crippen molar-refractivity contribution in [1.82, 2.24) is 14.5 Å². The summed E-state index contributed by atoms with van der Waals surface area (Å²) in [6, 6.07) is 24.7. The van der Waals surface area contributed by atoms with E-state index in [2.05, 4.69) is 9.62 Å². The van der Waals surface area contributed by atoms with Gasteiger partial charge in [-0.05, 0) is 59.0 Å². The second kappa shape index (κ2) is 12.2. The summed E-state index contributed by atoms with van der Waals surface area (Å²) in [5.41, 5.74) is 10.4. The molecule has 4 aromatic carbocycles. The van der Waals surface area contributed by atoms with E-state index in [1.54, 1.807) is 18.2 Å². The molecule has 6 rings (SSSR count). The van der Waals surface area contributed by atoms with E-state index in [0.29, 0.717) is 35.8 Å². The van der Waals surface area contributed by atoms with Gasteiger partial charge in [-0.15, -0.1) is 0 Å². The van der Waals surface area contributed by atoms with Crippen molar-refractivity contribution in [3.8, 4) is 0 Å². The van der Waals surface area contributed by atoms with Gasteiger partial charge in [0.05, 0.1) is 34.8 Å². The van der Waals surface area contributed by atoms with Crippen molar-refractivity contribution in [1.29, 1.82) is 5.41 Å². The molecule has 1 aliphatic heterocycles. The number of nitrogens with one attached hydrogen (secondary N) is 2. The molecule has 2 heterocycles. The lowest BCUT2D eigenvalue weighted by Gasteiger charge is -2.27. The molecule has 0 amide bonds. The van der Waals surface area contributed by atoms with Gasteiger partial charge in [0.25, 0.3) is 10.0 Å². The predicted octanol–water partition coefficient (Wildman–Crippen LogP) is 4.47. The molecule has 9 nitrogen and oxygen atoms in total. The Kier molecular flexibility index (Phi) is 8.16. The molecule has 0 unspecified atom stereocenters. The molecule has 1 saturated heterocycles. The van der Waals surface area contributed by atoms with Gasteiger partial charge in [0.1, 0.15) is 11.7 Å². The molecule has 43 heavy (non-hydrogen) atoms. The number of nitrogens with zero attached hydrogens (tertiary/aromatic N) is 3. The van der Waals surface area contributed by atoms with Crippen molar-refractivity contribution in [2.75, 3.05) is 37.6 Å². The molecular formula is C33H36N6O3S. The molecule has 0 radical (unpaired) electrons. The number of anilines is 1. The van der Waals surface area contributed by atoms with Gasteiger partial charge in [-0.25, -0.2) is 13.4 Å². The fourth-order valence-corrected chi connectivity index (χ4v) is 7.11. The number of rotatable bonds is 10. The van der Waals surface area contributed by atoms with Gasteiger partial charge in [0.2, 0.25) is 0 Å². The first-order valence-corrected chi connectivity index (χ1v) is 16.0. The smallest absolute Gasteiger partial charge is 0.262 e. The molecule has 1 fully saturated rings. The predicted molar refractivity (Wildman–Crippen MR) is 171 cm³/mol. The summed E-state index contributed by atoms with van der Waals surface area (Å²) in [7, 11) is -1.89. The Morgan fingerprint density at radius 3 is 2.51 bits per heavy atom. The summed E-state index contributed by atoms with van der Waals surface area (Å²) in [6.07, 6.45) is 2.12. The third-order valence-electron chi connectivity index (χ3n) is 8.20. The zero-order chi connectivity index (χ0) is 30.0. The van der Waals surface area contributed by atoms with Crippen molar-refractivity contribution in [3.63, 3.8) is 0 Å². The van der Waals surface area contributed by atoms with Gasteiger partial charge in [-0.1, -0.05) is 54.6 Å². The Bertz CT molecular complexity index is 1890. The number of nitrogen functional groups attached to an aromatic ring is 1. The van der Waals surface area contributed by atoms with Crippen molar-refractivity contribution in [2.24, 2.45) is 12.8 Å². The maximum Gasteiger partial charge on any atom is 0.262 e. The van der Waals surface area contributed by atoms with Crippen LogP contribution < -0.4 is 10.5 Å². The van der Waals surface area contributed by atoms with Crippen molar-refractivity contribution in [2.45, 2.75) is 24.2 Å². The van der Waals surface area contributed by atoms with Crippen LogP contribution in [-0.4, -0.2) is 61.6 Å². The first-order valence-electron chi connectivity index (χ1n) is 14.5. The van der Waals surface area contributed by atoms with Crippen LogP contribution in [0.3, 0.4) is 0 Å². The number of morpholine rings is 1. The van der Waals surface area contributed by atoms with Gasteiger partial charge in [0, 0.05) is 38.7 Å². The summed E-state index contributed by atoms with van der Waals surface area (Å²) < 4.78 is 38.1. The van der Waals surface area contributed by atoms with Gasteiger partial charge in [-0.2, -0.15) is 0 Å². The van der Waals surface area contributed by atoms with E-state index < -0.39 is 10.0 Å². The highest BCUT2D eigenvalue weighted by atomic mass is 32.2. The normalized spacial score (nSPS) is 14.3. The van der Waals surface area contributed by atoms with Crippen LogP contribution >= 0.6 is 0 Å². The van der Waals surface area contributed by atoms with E-state index in [-0.39, 0.29) is 5.84 Å². The lowest BCUT2D eigenvalue weighted by atomic mass is 10.0. The molecule has 4 N–H and O–H groups in total. The minimum Gasteiger partial charge on any atom is -0.384 e. The molecule has 10 heteroatoms. The number of aryl methyl sites for hydroxylation is 3. The highest BCUT2D eigenvalue weighted by Crippen LogP contribution is 2.29.